The number of ketones is 2. The van der Waals surface area contributed by atoms with E-state index in [1.54, 1.807) is 24.3 Å². The number of Topliss-reactive ketones (excluding diaryl/α,β-unsaturated/α-hetero) is 2. The first-order valence-electron chi connectivity index (χ1n) is 4.90. The quantitative estimate of drug-likeness (QED) is 0.475. The van der Waals surface area contributed by atoms with Crippen LogP contribution in [0.25, 0.3) is 0 Å². The van der Waals surface area contributed by atoms with Crippen LogP contribution >= 0.6 is 15.9 Å². The summed E-state index contributed by atoms with van der Waals surface area (Å²) in [5.41, 5.74) is 0.450. The second-order valence-electron chi connectivity index (χ2n) is 3.40. The number of halogens is 1. The van der Waals surface area contributed by atoms with E-state index >= 15 is 0 Å². The fourth-order valence-electron chi connectivity index (χ4n) is 1.21. The topological polar surface area (TPSA) is 60.4 Å². The molecule has 0 N–H and O–H groups in total. The molecule has 0 aliphatic rings. The Morgan fingerprint density at radius 1 is 1.12 bits per heavy atom. The summed E-state index contributed by atoms with van der Waals surface area (Å²) < 4.78 is 5.20. The van der Waals surface area contributed by atoms with Gasteiger partial charge in [-0.3, -0.25) is 14.4 Å². The number of hydrogen-bond donors (Lipinski definition) is 0. The highest BCUT2D eigenvalue weighted by Crippen LogP contribution is 2.12. The minimum absolute atomic E-state index is 0.281. The van der Waals surface area contributed by atoms with Gasteiger partial charge in [0, 0.05) is 10.0 Å². The molecule has 0 heterocycles. The zero-order chi connectivity index (χ0) is 12.8. The molecule has 5 heteroatoms. The van der Waals surface area contributed by atoms with E-state index in [9.17, 15) is 14.4 Å². The molecule has 0 saturated carbocycles. The van der Waals surface area contributed by atoms with Crippen molar-refractivity contribution in [3.05, 3.63) is 34.3 Å². The summed E-state index contributed by atoms with van der Waals surface area (Å²) in [6.45, 7) is 0. The molecule has 0 atom stereocenters. The van der Waals surface area contributed by atoms with Crippen LogP contribution < -0.4 is 0 Å². The van der Waals surface area contributed by atoms with Gasteiger partial charge < -0.3 is 4.74 Å². The molecule has 0 bridgehead atoms. The zero-order valence-electron chi connectivity index (χ0n) is 9.23. The summed E-state index contributed by atoms with van der Waals surface area (Å²) in [5.74, 6) is -1.37. The predicted octanol–water partition coefficient (Wildman–Crippen LogP) is 2.15. The first-order chi connectivity index (χ1) is 8.02. The van der Waals surface area contributed by atoms with Crippen LogP contribution in [0.5, 0.6) is 0 Å². The second-order valence-corrected chi connectivity index (χ2v) is 4.31. The maximum Gasteiger partial charge on any atom is 0.313 e. The number of hydrogen-bond acceptors (Lipinski definition) is 4. The molecule has 1 aromatic carbocycles. The first-order valence-corrected chi connectivity index (χ1v) is 5.69. The molecule has 0 spiro atoms. The third-order valence-electron chi connectivity index (χ3n) is 2.09. The lowest BCUT2D eigenvalue weighted by Crippen LogP contribution is -2.13. The number of esters is 1. The van der Waals surface area contributed by atoms with Crippen LogP contribution in [0.1, 0.15) is 23.2 Å². The van der Waals surface area contributed by atoms with E-state index < -0.39 is 11.8 Å². The summed E-state index contributed by atoms with van der Waals surface area (Å²) in [5, 5.41) is 0. The van der Waals surface area contributed by atoms with Gasteiger partial charge in [0.25, 0.3) is 0 Å². The third-order valence-corrected chi connectivity index (χ3v) is 2.62. The number of ether oxygens (including phenoxy) is 1. The number of benzene rings is 1. The van der Waals surface area contributed by atoms with Gasteiger partial charge in [-0.25, -0.2) is 0 Å². The van der Waals surface area contributed by atoms with Crippen LogP contribution in [0.4, 0.5) is 0 Å². The lowest BCUT2D eigenvalue weighted by molar-refractivity contribution is -0.143. The Bertz CT molecular complexity index is 436. The van der Waals surface area contributed by atoms with E-state index in [4.69, 9.17) is 0 Å². The van der Waals surface area contributed by atoms with Crippen molar-refractivity contribution < 1.29 is 19.1 Å². The highest BCUT2D eigenvalue weighted by Gasteiger charge is 2.15. The van der Waals surface area contributed by atoms with Crippen molar-refractivity contribution in [1.82, 2.24) is 0 Å². The molecular weight excluding hydrogens is 288 g/mol. The molecule has 4 nitrogen and oxygen atoms in total. The predicted molar refractivity (Wildman–Crippen MR) is 64.7 cm³/mol. The number of methoxy groups -OCH3 is 1. The largest absolute Gasteiger partial charge is 0.469 e. The molecule has 90 valence electrons. The van der Waals surface area contributed by atoms with Crippen molar-refractivity contribution >= 4 is 33.5 Å². The third kappa shape index (κ3) is 4.48. The molecular formula is C12H11BrO4. The fourth-order valence-corrected chi connectivity index (χ4v) is 1.48. The number of carbonyl (C=O) groups is 3. The van der Waals surface area contributed by atoms with Crippen molar-refractivity contribution in [1.29, 1.82) is 0 Å². The van der Waals surface area contributed by atoms with Crippen molar-refractivity contribution in [3.63, 3.8) is 0 Å². The SMILES string of the molecule is COC(=O)CC(=O)CC(=O)c1ccc(Br)cc1. The maximum absolute atomic E-state index is 11.6. The zero-order valence-corrected chi connectivity index (χ0v) is 10.8. The van der Waals surface area contributed by atoms with Crippen molar-refractivity contribution in [2.75, 3.05) is 7.11 Å². The average Bonchev–Trinajstić information content (AvgIpc) is 2.29. The Morgan fingerprint density at radius 3 is 2.24 bits per heavy atom. The molecule has 0 fully saturated rings. The lowest BCUT2D eigenvalue weighted by atomic mass is 10.0. The van der Waals surface area contributed by atoms with E-state index in [0.717, 1.165) is 4.47 Å². The molecule has 0 aliphatic carbocycles. The minimum atomic E-state index is -0.626. The van der Waals surface area contributed by atoms with Gasteiger partial charge in [0.05, 0.1) is 13.5 Å². The van der Waals surface area contributed by atoms with Gasteiger partial charge in [0.2, 0.25) is 0 Å². The molecule has 1 aromatic rings. The van der Waals surface area contributed by atoms with Crippen molar-refractivity contribution in [2.24, 2.45) is 0 Å². The first kappa shape index (κ1) is 13.6. The van der Waals surface area contributed by atoms with Crippen LogP contribution in [0.3, 0.4) is 0 Å². The highest BCUT2D eigenvalue weighted by atomic mass is 79.9. The standard InChI is InChI=1S/C12H11BrO4/c1-17-12(16)7-10(14)6-11(15)8-2-4-9(13)5-3-8/h2-5H,6-7H2,1H3. The average molecular weight is 299 g/mol. The summed E-state index contributed by atoms with van der Waals surface area (Å²) in [7, 11) is 1.20. The molecule has 1 rings (SSSR count). The Balaban J connectivity index is 2.57. The van der Waals surface area contributed by atoms with E-state index in [1.807, 2.05) is 0 Å². The molecule has 0 saturated heterocycles. The van der Waals surface area contributed by atoms with Gasteiger partial charge in [-0.1, -0.05) is 28.1 Å². The maximum atomic E-state index is 11.6. The minimum Gasteiger partial charge on any atom is -0.469 e. The van der Waals surface area contributed by atoms with Gasteiger partial charge in [0.1, 0.15) is 6.42 Å². The van der Waals surface area contributed by atoms with Crippen LogP contribution in [-0.2, 0) is 14.3 Å². The van der Waals surface area contributed by atoms with Gasteiger partial charge in [-0.15, -0.1) is 0 Å². The molecule has 0 aliphatic heterocycles. The van der Waals surface area contributed by atoms with Gasteiger partial charge in [0.15, 0.2) is 11.6 Å². The van der Waals surface area contributed by atoms with Gasteiger partial charge in [-0.05, 0) is 12.1 Å². The number of carbonyl (C=O) groups excluding carboxylic acids is 3. The van der Waals surface area contributed by atoms with Crippen LogP contribution in [0, 0.1) is 0 Å². The van der Waals surface area contributed by atoms with E-state index in [-0.39, 0.29) is 18.6 Å². The Kier molecular flexibility index (Phi) is 5.03. The molecule has 0 unspecified atom stereocenters. The van der Waals surface area contributed by atoms with Crippen LogP contribution in [0.15, 0.2) is 28.7 Å². The van der Waals surface area contributed by atoms with E-state index in [2.05, 4.69) is 20.7 Å². The van der Waals surface area contributed by atoms with Crippen molar-refractivity contribution in [2.45, 2.75) is 12.8 Å². The molecule has 0 aromatic heterocycles. The smallest absolute Gasteiger partial charge is 0.313 e. The van der Waals surface area contributed by atoms with E-state index in [0.29, 0.717) is 5.56 Å². The van der Waals surface area contributed by atoms with Gasteiger partial charge in [-0.2, -0.15) is 0 Å². The fraction of sp³-hybridized carbons (Fsp3) is 0.250. The highest BCUT2D eigenvalue weighted by molar-refractivity contribution is 9.10. The Hall–Kier alpha value is -1.49. The lowest BCUT2D eigenvalue weighted by Gasteiger charge is -2.00. The monoisotopic (exact) mass is 298 g/mol. The molecule has 0 amide bonds. The van der Waals surface area contributed by atoms with Crippen LogP contribution in [0.2, 0.25) is 0 Å². The Morgan fingerprint density at radius 2 is 1.71 bits per heavy atom. The van der Waals surface area contributed by atoms with Crippen molar-refractivity contribution in [3.8, 4) is 0 Å². The number of rotatable bonds is 5. The summed E-state index contributed by atoms with van der Waals surface area (Å²) in [6, 6.07) is 6.69. The van der Waals surface area contributed by atoms with E-state index in [1.165, 1.54) is 7.11 Å². The summed E-state index contributed by atoms with van der Waals surface area (Å²) in [6.07, 6.45) is -0.643. The molecule has 17 heavy (non-hydrogen) atoms. The van der Waals surface area contributed by atoms with Crippen LogP contribution in [-0.4, -0.2) is 24.6 Å². The molecule has 0 radical (unpaired) electrons. The normalized spacial score (nSPS) is 9.76. The Labute approximate surface area is 107 Å². The van der Waals surface area contributed by atoms with Gasteiger partial charge >= 0.3 is 5.97 Å². The second kappa shape index (κ2) is 6.30. The summed E-state index contributed by atoms with van der Waals surface area (Å²) in [4.78, 5) is 33.8. The summed E-state index contributed by atoms with van der Waals surface area (Å²) >= 11 is 3.25.